The fourth-order valence-electron chi connectivity index (χ4n) is 4.75. The third-order valence-corrected chi connectivity index (χ3v) is 6.66. The van der Waals surface area contributed by atoms with E-state index in [-0.39, 0.29) is 23.2 Å². The van der Waals surface area contributed by atoms with Crippen molar-refractivity contribution in [2.75, 3.05) is 18.4 Å². The summed E-state index contributed by atoms with van der Waals surface area (Å²) in [5, 5.41) is 24.5. The zero-order valence-electron chi connectivity index (χ0n) is 23.4. The van der Waals surface area contributed by atoms with Gasteiger partial charge in [0.1, 0.15) is 0 Å². The average Bonchev–Trinajstić information content (AvgIpc) is 3.52. The molecule has 0 saturated heterocycles. The number of carbonyl (C=O) groups is 1. The van der Waals surface area contributed by atoms with Gasteiger partial charge in [-0.25, -0.2) is 9.97 Å². The summed E-state index contributed by atoms with van der Waals surface area (Å²) < 4.78 is 7.03. The van der Waals surface area contributed by atoms with Gasteiger partial charge in [0.25, 0.3) is 11.7 Å². The fraction of sp³-hybridized carbons (Fsp3) is 0.429. The molecular formula is C28H35N9O3. The Bertz CT molecular complexity index is 1490. The first-order valence-corrected chi connectivity index (χ1v) is 13.3. The highest BCUT2D eigenvalue weighted by Gasteiger charge is 2.28. The van der Waals surface area contributed by atoms with Crippen LogP contribution in [0.25, 0.3) is 11.3 Å². The quantitative estimate of drug-likeness (QED) is 0.316. The lowest BCUT2D eigenvalue weighted by Gasteiger charge is -2.22. The number of aliphatic hydroxyl groups is 1. The molecule has 5 rings (SSSR count). The van der Waals surface area contributed by atoms with E-state index in [1.807, 2.05) is 52.2 Å². The van der Waals surface area contributed by atoms with Gasteiger partial charge in [-0.15, -0.1) is 0 Å². The van der Waals surface area contributed by atoms with Crippen molar-refractivity contribution in [1.82, 2.24) is 40.1 Å². The third-order valence-electron chi connectivity index (χ3n) is 6.66. The van der Waals surface area contributed by atoms with Gasteiger partial charge in [0, 0.05) is 50.1 Å². The summed E-state index contributed by atoms with van der Waals surface area (Å²) in [6, 6.07) is 7.74. The van der Waals surface area contributed by atoms with Crippen molar-refractivity contribution in [2.45, 2.75) is 58.2 Å². The number of fused-ring (bicyclic) bond motifs is 1. The first kappa shape index (κ1) is 27.4. The van der Waals surface area contributed by atoms with E-state index in [4.69, 9.17) is 9.51 Å². The van der Waals surface area contributed by atoms with Crippen molar-refractivity contribution in [3.8, 4) is 11.3 Å². The summed E-state index contributed by atoms with van der Waals surface area (Å²) in [6.07, 6.45) is 5.47. The number of hydrogen-bond donors (Lipinski definition) is 3. The maximum Gasteiger partial charge on any atom is 0.293 e. The van der Waals surface area contributed by atoms with Crippen LogP contribution in [-0.4, -0.2) is 65.0 Å². The van der Waals surface area contributed by atoms with E-state index in [0.717, 1.165) is 28.1 Å². The molecule has 40 heavy (non-hydrogen) atoms. The molecule has 210 valence electrons. The van der Waals surface area contributed by atoms with E-state index >= 15 is 0 Å². The highest BCUT2D eigenvalue weighted by atomic mass is 16.5. The third kappa shape index (κ3) is 6.35. The van der Waals surface area contributed by atoms with Gasteiger partial charge in [-0.2, -0.15) is 10.1 Å². The highest BCUT2D eigenvalue weighted by molar-refractivity contribution is 5.90. The van der Waals surface area contributed by atoms with Gasteiger partial charge in [-0.1, -0.05) is 38.1 Å². The Morgan fingerprint density at radius 1 is 1.25 bits per heavy atom. The molecule has 0 unspecified atom stereocenters. The second-order valence-corrected chi connectivity index (χ2v) is 11.3. The molecule has 0 fully saturated rings. The lowest BCUT2D eigenvalue weighted by atomic mass is 9.96. The maximum absolute atomic E-state index is 13.1. The highest BCUT2D eigenvalue weighted by Crippen LogP contribution is 2.31. The molecule has 0 spiro atoms. The Balaban J connectivity index is 1.42. The van der Waals surface area contributed by atoms with Gasteiger partial charge in [0.15, 0.2) is 0 Å². The summed E-state index contributed by atoms with van der Waals surface area (Å²) in [5.74, 6) is 0.512. The number of nitrogens with zero attached hydrogens (tertiary/aromatic N) is 7. The number of benzene rings is 1. The van der Waals surface area contributed by atoms with Gasteiger partial charge in [-0.05, 0) is 36.6 Å². The Labute approximate surface area is 232 Å². The molecule has 0 saturated carbocycles. The van der Waals surface area contributed by atoms with Crippen LogP contribution in [0.1, 0.15) is 67.8 Å². The molecular weight excluding hydrogens is 510 g/mol. The lowest BCUT2D eigenvalue weighted by molar-refractivity contribution is 0.0913. The van der Waals surface area contributed by atoms with E-state index in [0.29, 0.717) is 37.9 Å². The van der Waals surface area contributed by atoms with Crippen LogP contribution in [0.15, 0.2) is 47.4 Å². The molecule has 0 bridgehead atoms. The van der Waals surface area contributed by atoms with Gasteiger partial charge < -0.3 is 20.3 Å². The minimum atomic E-state index is -0.476. The normalized spacial score (nSPS) is 16.7. The molecule has 1 aromatic carbocycles. The molecule has 4 heterocycles. The largest absolute Gasteiger partial charge is 0.392 e. The molecule has 1 aliphatic heterocycles. The van der Waals surface area contributed by atoms with Crippen molar-refractivity contribution in [1.29, 1.82) is 0 Å². The molecule has 12 heteroatoms. The number of carbonyl (C=O) groups excluding carboxylic acids is 1. The number of β-amino-alcohol motifs (C(OH)–C–C–N with tert-alkyl or cyclic N) is 1. The monoisotopic (exact) mass is 545 g/mol. The smallest absolute Gasteiger partial charge is 0.293 e. The van der Waals surface area contributed by atoms with Crippen molar-refractivity contribution in [3.63, 3.8) is 0 Å². The molecule has 1 amide bonds. The number of aromatic nitrogens is 6. The predicted molar refractivity (Wildman–Crippen MR) is 149 cm³/mol. The van der Waals surface area contributed by atoms with Crippen LogP contribution in [0.3, 0.4) is 0 Å². The van der Waals surface area contributed by atoms with E-state index in [1.165, 1.54) is 0 Å². The van der Waals surface area contributed by atoms with E-state index in [9.17, 15) is 9.90 Å². The standard InChI is InChI=1S/C28H35N9O3/c1-17(38)14-37-11-9-23(32-25(39)24-34-26(40-35-24)28(2,3)4)21-7-6-18(12-19(21)15-37)22-8-10-29-27(33-22)31-20-13-30-36(5)16-20/h6-8,10,12-13,16-17,23,38H,9,11,14-15H2,1-5H3,(H,32,39)(H,29,31,33)/t17-,23-/m1/s1. The molecule has 0 radical (unpaired) electrons. The molecule has 0 aliphatic carbocycles. The average molecular weight is 546 g/mol. The molecule has 1 aliphatic rings. The number of amides is 1. The van der Waals surface area contributed by atoms with Crippen LogP contribution in [0.4, 0.5) is 11.6 Å². The molecule has 3 N–H and O–H groups in total. The zero-order valence-corrected chi connectivity index (χ0v) is 23.4. The summed E-state index contributed by atoms with van der Waals surface area (Å²) in [5.41, 5.74) is 4.18. The van der Waals surface area contributed by atoms with Crippen LogP contribution in [0.5, 0.6) is 0 Å². The van der Waals surface area contributed by atoms with Crippen LogP contribution >= 0.6 is 0 Å². The SMILES string of the molecule is C[C@@H](O)CN1CC[C@@H](NC(=O)c2noc(C(C)(C)C)n2)c2ccc(-c3ccnc(Nc4cnn(C)c4)n3)cc2C1. The Kier molecular flexibility index (Phi) is 7.63. The number of aryl methyl sites for hydroxylation is 1. The number of aliphatic hydroxyl groups excluding tert-OH is 1. The van der Waals surface area contributed by atoms with Gasteiger partial charge in [-0.3, -0.25) is 14.4 Å². The summed E-state index contributed by atoms with van der Waals surface area (Å²) in [6.45, 7) is 9.49. The van der Waals surface area contributed by atoms with Gasteiger partial charge >= 0.3 is 0 Å². The zero-order chi connectivity index (χ0) is 28.4. The summed E-state index contributed by atoms with van der Waals surface area (Å²) in [7, 11) is 1.85. The number of rotatable bonds is 7. The Hall–Kier alpha value is -4.16. The second-order valence-electron chi connectivity index (χ2n) is 11.3. The first-order valence-electron chi connectivity index (χ1n) is 13.3. The maximum atomic E-state index is 13.1. The van der Waals surface area contributed by atoms with Crippen LogP contribution in [0.2, 0.25) is 0 Å². The van der Waals surface area contributed by atoms with E-state index in [1.54, 1.807) is 24.0 Å². The summed E-state index contributed by atoms with van der Waals surface area (Å²) in [4.78, 5) is 28.7. The van der Waals surface area contributed by atoms with Crippen LogP contribution in [-0.2, 0) is 19.0 Å². The Morgan fingerprint density at radius 3 is 2.77 bits per heavy atom. The minimum Gasteiger partial charge on any atom is -0.392 e. The molecule has 2 atom stereocenters. The molecule has 3 aromatic heterocycles. The summed E-state index contributed by atoms with van der Waals surface area (Å²) >= 11 is 0. The first-order chi connectivity index (χ1) is 19.0. The van der Waals surface area contributed by atoms with E-state index < -0.39 is 6.10 Å². The van der Waals surface area contributed by atoms with Gasteiger partial charge in [0.2, 0.25) is 11.8 Å². The fourth-order valence-corrected chi connectivity index (χ4v) is 4.75. The predicted octanol–water partition coefficient (Wildman–Crippen LogP) is 3.36. The molecule has 12 nitrogen and oxygen atoms in total. The topological polar surface area (TPSA) is 147 Å². The van der Waals surface area contributed by atoms with Crippen LogP contribution in [0, 0.1) is 0 Å². The van der Waals surface area contributed by atoms with Crippen LogP contribution < -0.4 is 10.6 Å². The van der Waals surface area contributed by atoms with E-state index in [2.05, 4.69) is 41.8 Å². The minimum absolute atomic E-state index is 0.0165. The lowest BCUT2D eigenvalue weighted by Crippen LogP contribution is -2.33. The number of nitrogens with one attached hydrogen (secondary N) is 2. The van der Waals surface area contributed by atoms with Crippen molar-refractivity contribution < 1.29 is 14.4 Å². The molecule has 4 aromatic rings. The number of anilines is 2. The van der Waals surface area contributed by atoms with Crippen molar-refractivity contribution in [2.24, 2.45) is 7.05 Å². The number of hydrogen-bond acceptors (Lipinski definition) is 10. The van der Waals surface area contributed by atoms with Crippen molar-refractivity contribution >= 4 is 17.5 Å². The Morgan fingerprint density at radius 2 is 2.08 bits per heavy atom. The van der Waals surface area contributed by atoms with Gasteiger partial charge in [0.05, 0.1) is 29.7 Å². The van der Waals surface area contributed by atoms with Crippen molar-refractivity contribution in [3.05, 3.63) is 65.7 Å². The second kappa shape index (κ2) is 11.1.